The molecule has 1 N–H and O–H groups in total. The molecule has 2 aromatic heterocycles. The molecule has 2 aromatic rings. The van der Waals surface area contributed by atoms with Crippen molar-refractivity contribution in [2.75, 3.05) is 6.54 Å². The topological polar surface area (TPSA) is 51.0 Å². The first kappa shape index (κ1) is 10.9. The number of aromatic nitrogens is 2. The lowest BCUT2D eigenvalue weighted by Crippen LogP contribution is -2.20. The van der Waals surface area contributed by atoms with Gasteiger partial charge in [0.25, 0.3) is 0 Å². The van der Waals surface area contributed by atoms with Crippen LogP contribution in [0.4, 0.5) is 0 Å². The van der Waals surface area contributed by atoms with E-state index in [0.717, 1.165) is 23.7 Å². The molecule has 1 unspecified atom stereocenters. The summed E-state index contributed by atoms with van der Waals surface area (Å²) in [6.07, 6.45) is 4.85. The summed E-state index contributed by atoms with van der Waals surface area (Å²) in [5.41, 5.74) is 0. The minimum atomic E-state index is 0.235. The quantitative estimate of drug-likeness (QED) is 0.889. The van der Waals surface area contributed by atoms with Gasteiger partial charge in [-0.1, -0.05) is 24.1 Å². The summed E-state index contributed by atoms with van der Waals surface area (Å²) in [5, 5.41) is 9.54. The van der Waals surface area contributed by atoms with E-state index in [1.165, 1.54) is 19.3 Å². The van der Waals surface area contributed by atoms with Gasteiger partial charge in [-0.15, -0.1) is 11.3 Å². The molecular weight excluding hydrogens is 234 g/mol. The predicted molar refractivity (Wildman–Crippen MR) is 66.8 cm³/mol. The number of nitrogens with one attached hydrogen (secondary N) is 1. The van der Waals surface area contributed by atoms with Gasteiger partial charge < -0.3 is 9.84 Å². The van der Waals surface area contributed by atoms with Crippen molar-refractivity contribution in [2.45, 2.75) is 31.7 Å². The number of hydrogen-bond acceptors (Lipinski definition) is 5. The van der Waals surface area contributed by atoms with Gasteiger partial charge in [-0.2, -0.15) is 4.98 Å². The molecule has 1 aliphatic rings. The van der Waals surface area contributed by atoms with E-state index in [0.29, 0.717) is 5.82 Å². The lowest BCUT2D eigenvalue weighted by atomic mass is 10.1. The minimum Gasteiger partial charge on any atom is -0.337 e. The Morgan fingerprint density at radius 3 is 3.24 bits per heavy atom. The Labute approximate surface area is 104 Å². The van der Waals surface area contributed by atoms with Crippen LogP contribution in [0.15, 0.2) is 22.0 Å². The summed E-state index contributed by atoms with van der Waals surface area (Å²) in [5.74, 6) is 1.44. The van der Waals surface area contributed by atoms with E-state index in [4.69, 9.17) is 4.52 Å². The van der Waals surface area contributed by atoms with Crippen molar-refractivity contribution < 1.29 is 4.52 Å². The molecule has 0 spiro atoms. The molecule has 0 saturated carbocycles. The second kappa shape index (κ2) is 4.98. The maximum atomic E-state index is 5.37. The van der Waals surface area contributed by atoms with E-state index in [2.05, 4.69) is 15.5 Å². The van der Waals surface area contributed by atoms with Crippen LogP contribution in [-0.4, -0.2) is 16.7 Å². The largest absolute Gasteiger partial charge is 0.337 e. The summed E-state index contributed by atoms with van der Waals surface area (Å²) in [6.45, 7) is 1.04. The van der Waals surface area contributed by atoms with E-state index < -0.39 is 0 Å². The normalized spacial score (nSPS) is 21.3. The molecule has 1 fully saturated rings. The maximum absolute atomic E-state index is 5.37. The smallest absolute Gasteiger partial charge is 0.244 e. The Balaban J connectivity index is 1.79. The average molecular weight is 249 g/mol. The first-order valence-electron chi connectivity index (χ1n) is 6.04. The number of hydrogen-bond donors (Lipinski definition) is 1. The van der Waals surface area contributed by atoms with Crippen molar-refractivity contribution in [3.8, 4) is 10.7 Å². The fraction of sp³-hybridized carbons (Fsp3) is 0.500. The Hall–Kier alpha value is -1.20. The van der Waals surface area contributed by atoms with Crippen LogP contribution in [0.5, 0.6) is 0 Å². The molecule has 0 amide bonds. The first-order chi connectivity index (χ1) is 8.43. The summed E-state index contributed by atoms with van der Waals surface area (Å²) in [7, 11) is 0. The molecule has 1 saturated heterocycles. The molecule has 17 heavy (non-hydrogen) atoms. The molecule has 0 bridgehead atoms. The van der Waals surface area contributed by atoms with Crippen molar-refractivity contribution in [1.82, 2.24) is 15.5 Å². The summed E-state index contributed by atoms with van der Waals surface area (Å²) < 4.78 is 5.37. The highest BCUT2D eigenvalue weighted by Crippen LogP contribution is 2.26. The first-order valence-corrected chi connectivity index (χ1v) is 6.92. The van der Waals surface area contributed by atoms with Crippen molar-refractivity contribution in [1.29, 1.82) is 0 Å². The third-order valence-corrected chi connectivity index (χ3v) is 3.91. The van der Waals surface area contributed by atoms with Crippen LogP contribution in [0.2, 0.25) is 0 Å². The molecule has 1 aliphatic heterocycles. The van der Waals surface area contributed by atoms with Crippen LogP contribution in [0.25, 0.3) is 10.7 Å². The Kier molecular flexibility index (Phi) is 3.20. The summed E-state index contributed by atoms with van der Waals surface area (Å²) in [4.78, 5) is 5.55. The molecular formula is C12H15N3OS. The monoisotopic (exact) mass is 249 g/mol. The van der Waals surface area contributed by atoms with Gasteiger partial charge in [0.05, 0.1) is 10.9 Å². The molecule has 1 atom stereocenters. The zero-order chi connectivity index (χ0) is 11.5. The lowest BCUT2D eigenvalue weighted by molar-refractivity contribution is 0.327. The standard InChI is InChI=1S/C12H15N3OS/c1-2-5-9(13-7-3-1)12-14-11(15-16-12)10-6-4-8-17-10/h4,6,8-9,13H,1-3,5,7H2. The van der Waals surface area contributed by atoms with E-state index in [1.54, 1.807) is 11.3 Å². The third-order valence-electron chi connectivity index (χ3n) is 3.04. The molecule has 0 aliphatic carbocycles. The highest BCUT2D eigenvalue weighted by molar-refractivity contribution is 7.13. The second-order valence-corrected chi connectivity index (χ2v) is 5.24. The number of thiophene rings is 1. The Bertz CT molecular complexity index is 458. The average Bonchev–Trinajstić information content (AvgIpc) is 2.95. The van der Waals surface area contributed by atoms with Crippen molar-refractivity contribution in [3.63, 3.8) is 0 Å². The van der Waals surface area contributed by atoms with Gasteiger partial charge in [-0.25, -0.2) is 0 Å². The molecule has 90 valence electrons. The van der Waals surface area contributed by atoms with E-state index in [1.807, 2.05) is 17.5 Å². The zero-order valence-electron chi connectivity index (χ0n) is 9.56. The van der Waals surface area contributed by atoms with E-state index in [9.17, 15) is 0 Å². The molecule has 4 nitrogen and oxygen atoms in total. The third kappa shape index (κ3) is 2.40. The van der Waals surface area contributed by atoms with Gasteiger partial charge in [0.1, 0.15) is 0 Å². The molecule has 0 radical (unpaired) electrons. The van der Waals surface area contributed by atoms with Crippen LogP contribution in [-0.2, 0) is 0 Å². The summed E-state index contributed by atoms with van der Waals surface area (Å²) >= 11 is 1.63. The van der Waals surface area contributed by atoms with E-state index in [-0.39, 0.29) is 6.04 Å². The molecule has 3 rings (SSSR count). The van der Waals surface area contributed by atoms with Gasteiger partial charge in [0.2, 0.25) is 11.7 Å². The van der Waals surface area contributed by atoms with Gasteiger partial charge in [-0.3, -0.25) is 0 Å². The lowest BCUT2D eigenvalue weighted by Gasteiger charge is -2.09. The van der Waals surface area contributed by atoms with Crippen molar-refractivity contribution in [2.24, 2.45) is 0 Å². The van der Waals surface area contributed by atoms with E-state index >= 15 is 0 Å². The van der Waals surface area contributed by atoms with Crippen LogP contribution < -0.4 is 5.32 Å². The van der Waals surface area contributed by atoms with Crippen LogP contribution in [0, 0.1) is 0 Å². The second-order valence-electron chi connectivity index (χ2n) is 4.29. The van der Waals surface area contributed by atoms with Gasteiger partial charge in [0.15, 0.2) is 0 Å². The zero-order valence-corrected chi connectivity index (χ0v) is 10.4. The molecule has 5 heteroatoms. The molecule has 0 aromatic carbocycles. The van der Waals surface area contributed by atoms with Gasteiger partial charge in [-0.05, 0) is 30.8 Å². The molecule has 3 heterocycles. The van der Waals surface area contributed by atoms with Crippen molar-refractivity contribution in [3.05, 3.63) is 23.4 Å². The fourth-order valence-electron chi connectivity index (χ4n) is 2.12. The Morgan fingerprint density at radius 2 is 2.35 bits per heavy atom. The van der Waals surface area contributed by atoms with Gasteiger partial charge in [0, 0.05) is 0 Å². The van der Waals surface area contributed by atoms with Crippen molar-refractivity contribution >= 4 is 11.3 Å². The predicted octanol–water partition coefficient (Wildman–Crippen LogP) is 3.00. The van der Waals surface area contributed by atoms with Crippen LogP contribution in [0.3, 0.4) is 0 Å². The number of rotatable bonds is 2. The van der Waals surface area contributed by atoms with Gasteiger partial charge >= 0.3 is 0 Å². The fourth-order valence-corrected chi connectivity index (χ4v) is 2.77. The SMILES string of the molecule is c1csc(-c2noc(C3CCCCCN3)n2)c1. The highest BCUT2D eigenvalue weighted by atomic mass is 32.1. The minimum absolute atomic E-state index is 0.235. The van der Waals surface area contributed by atoms with Crippen LogP contribution in [0.1, 0.15) is 37.6 Å². The maximum Gasteiger partial charge on any atom is 0.244 e. The number of nitrogens with zero attached hydrogens (tertiary/aromatic N) is 2. The van der Waals surface area contributed by atoms with Crippen LogP contribution >= 0.6 is 11.3 Å². The highest BCUT2D eigenvalue weighted by Gasteiger charge is 2.20. The summed E-state index contributed by atoms with van der Waals surface area (Å²) in [6, 6.07) is 4.25. The Morgan fingerprint density at radius 1 is 1.35 bits per heavy atom.